The van der Waals surface area contributed by atoms with Gasteiger partial charge in [0.15, 0.2) is 0 Å². The molecule has 0 saturated carbocycles. The van der Waals surface area contributed by atoms with Crippen LogP contribution >= 0.6 is 0 Å². The summed E-state index contributed by atoms with van der Waals surface area (Å²) in [5.74, 6) is 4.25. The SMILES string of the molecule is CCCc1ccc(N=Nc2ccc(C#Cc3c(F)cc4cc(CCC)ccc4c3F)cc2)cc1. The van der Waals surface area contributed by atoms with E-state index in [4.69, 9.17) is 0 Å². The third-order valence-electron chi connectivity index (χ3n) is 5.59. The van der Waals surface area contributed by atoms with E-state index in [9.17, 15) is 8.78 Å². The number of aryl methyl sites for hydroxylation is 2. The summed E-state index contributed by atoms with van der Waals surface area (Å²) < 4.78 is 29.6. The molecule has 4 rings (SSSR count). The Balaban J connectivity index is 1.51. The lowest BCUT2D eigenvalue weighted by atomic mass is 10.0. The van der Waals surface area contributed by atoms with Gasteiger partial charge < -0.3 is 0 Å². The quantitative estimate of drug-likeness (QED) is 0.206. The summed E-state index contributed by atoms with van der Waals surface area (Å²) in [6.45, 7) is 4.23. The molecule has 2 nitrogen and oxygen atoms in total. The van der Waals surface area contributed by atoms with Crippen LogP contribution in [-0.4, -0.2) is 0 Å². The van der Waals surface area contributed by atoms with Crippen molar-refractivity contribution < 1.29 is 8.78 Å². The molecular formula is C30H26F2N2. The molecule has 0 aliphatic carbocycles. The van der Waals surface area contributed by atoms with Crippen molar-refractivity contribution in [3.63, 3.8) is 0 Å². The van der Waals surface area contributed by atoms with Crippen molar-refractivity contribution >= 4 is 22.1 Å². The van der Waals surface area contributed by atoms with Crippen LogP contribution in [0.25, 0.3) is 10.8 Å². The molecule has 0 heterocycles. The Bertz CT molecular complexity index is 1380. The number of benzene rings is 4. The topological polar surface area (TPSA) is 24.7 Å². The van der Waals surface area contributed by atoms with Gasteiger partial charge in [-0.05, 0) is 71.8 Å². The summed E-state index contributed by atoms with van der Waals surface area (Å²) in [4.78, 5) is 0. The largest absolute Gasteiger partial charge is 0.205 e. The number of halogens is 2. The fraction of sp³-hybridized carbons (Fsp3) is 0.200. The zero-order valence-corrected chi connectivity index (χ0v) is 19.4. The summed E-state index contributed by atoms with van der Waals surface area (Å²) in [5, 5.41) is 9.45. The monoisotopic (exact) mass is 452 g/mol. The molecule has 0 aliphatic rings. The van der Waals surface area contributed by atoms with Crippen molar-refractivity contribution in [1.29, 1.82) is 0 Å². The van der Waals surface area contributed by atoms with Gasteiger partial charge >= 0.3 is 0 Å². The highest BCUT2D eigenvalue weighted by Crippen LogP contribution is 2.25. The molecule has 0 N–H and O–H groups in total. The minimum atomic E-state index is -0.651. The zero-order valence-electron chi connectivity index (χ0n) is 19.4. The van der Waals surface area contributed by atoms with E-state index < -0.39 is 11.6 Å². The molecule has 0 atom stereocenters. The lowest BCUT2D eigenvalue weighted by Crippen LogP contribution is -1.94. The summed E-state index contributed by atoms with van der Waals surface area (Å²) in [5.41, 5.74) is 4.23. The number of hydrogen-bond donors (Lipinski definition) is 0. The van der Waals surface area contributed by atoms with Gasteiger partial charge in [-0.2, -0.15) is 10.2 Å². The minimum Gasteiger partial charge on any atom is -0.205 e. The normalized spacial score (nSPS) is 11.1. The third-order valence-corrected chi connectivity index (χ3v) is 5.59. The van der Waals surface area contributed by atoms with Crippen molar-refractivity contribution in [1.82, 2.24) is 0 Å². The molecule has 0 aromatic heterocycles. The Kier molecular flexibility index (Phi) is 7.44. The van der Waals surface area contributed by atoms with Crippen LogP contribution in [0.5, 0.6) is 0 Å². The summed E-state index contributed by atoms with van der Waals surface area (Å²) in [6.07, 6.45) is 4.01. The Morgan fingerprint density at radius 2 is 1.26 bits per heavy atom. The van der Waals surface area contributed by atoms with Gasteiger partial charge in [0.1, 0.15) is 11.6 Å². The van der Waals surface area contributed by atoms with E-state index in [1.54, 1.807) is 30.3 Å². The van der Waals surface area contributed by atoms with Crippen LogP contribution in [0.3, 0.4) is 0 Å². The Hall–Kier alpha value is -3.84. The van der Waals surface area contributed by atoms with E-state index in [0.717, 1.165) is 36.9 Å². The Morgan fingerprint density at radius 1 is 0.676 bits per heavy atom. The van der Waals surface area contributed by atoms with Crippen molar-refractivity contribution in [2.45, 2.75) is 39.5 Å². The van der Waals surface area contributed by atoms with Gasteiger partial charge in [0, 0.05) is 10.9 Å². The molecule has 0 bridgehead atoms. The third kappa shape index (κ3) is 5.55. The Morgan fingerprint density at radius 3 is 1.91 bits per heavy atom. The van der Waals surface area contributed by atoms with E-state index in [2.05, 4.69) is 48.0 Å². The number of hydrogen-bond acceptors (Lipinski definition) is 2. The van der Waals surface area contributed by atoms with Gasteiger partial charge in [-0.3, -0.25) is 0 Å². The number of rotatable bonds is 6. The van der Waals surface area contributed by atoms with Crippen LogP contribution in [0.15, 0.2) is 83.0 Å². The Labute approximate surface area is 199 Å². The molecule has 0 saturated heterocycles. The molecule has 0 amide bonds. The van der Waals surface area contributed by atoms with Crippen molar-refractivity contribution in [2.75, 3.05) is 0 Å². The molecular weight excluding hydrogens is 426 g/mol. The second kappa shape index (κ2) is 10.9. The average molecular weight is 453 g/mol. The van der Waals surface area contributed by atoms with Gasteiger partial charge in [-0.25, -0.2) is 8.78 Å². The van der Waals surface area contributed by atoms with Crippen molar-refractivity contribution in [3.8, 4) is 11.8 Å². The molecule has 0 fully saturated rings. The van der Waals surface area contributed by atoms with Crippen LogP contribution in [0.1, 0.15) is 48.9 Å². The zero-order chi connectivity index (χ0) is 23.9. The molecule has 170 valence electrons. The van der Waals surface area contributed by atoms with Crippen LogP contribution in [0.2, 0.25) is 0 Å². The summed E-state index contributed by atoms with van der Waals surface area (Å²) >= 11 is 0. The average Bonchev–Trinajstić information content (AvgIpc) is 2.84. The number of nitrogens with zero attached hydrogens (tertiary/aromatic N) is 2. The predicted octanol–water partition coefficient (Wildman–Crippen LogP) is 8.84. The van der Waals surface area contributed by atoms with Gasteiger partial charge in [-0.15, -0.1) is 0 Å². The highest BCUT2D eigenvalue weighted by molar-refractivity contribution is 5.85. The molecule has 0 spiro atoms. The first-order valence-corrected chi connectivity index (χ1v) is 11.6. The maximum Gasteiger partial charge on any atom is 0.149 e. The predicted molar refractivity (Wildman–Crippen MR) is 135 cm³/mol. The minimum absolute atomic E-state index is 0.217. The maximum atomic E-state index is 15.0. The van der Waals surface area contributed by atoms with E-state index in [-0.39, 0.29) is 5.56 Å². The van der Waals surface area contributed by atoms with Crippen LogP contribution < -0.4 is 0 Å². The van der Waals surface area contributed by atoms with E-state index in [0.29, 0.717) is 22.0 Å². The molecule has 34 heavy (non-hydrogen) atoms. The van der Waals surface area contributed by atoms with E-state index in [1.807, 2.05) is 24.3 Å². The molecule has 4 aromatic rings. The lowest BCUT2D eigenvalue weighted by molar-refractivity contribution is 0.586. The highest BCUT2D eigenvalue weighted by atomic mass is 19.1. The van der Waals surface area contributed by atoms with Crippen LogP contribution in [0.4, 0.5) is 20.2 Å². The van der Waals surface area contributed by atoms with E-state index >= 15 is 0 Å². The smallest absolute Gasteiger partial charge is 0.149 e. The highest BCUT2D eigenvalue weighted by Gasteiger charge is 2.12. The lowest BCUT2D eigenvalue weighted by Gasteiger charge is -2.06. The fourth-order valence-electron chi connectivity index (χ4n) is 3.82. The first kappa shape index (κ1) is 23.3. The van der Waals surface area contributed by atoms with Crippen LogP contribution in [0, 0.1) is 23.5 Å². The summed E-state index contributed by atoms with van der Waals surface area (Å²) in [6, 6.07) is 21.9. The summed E-state index contributed by atoms with van der Waals surface area (Å²) in [7, 11) is 0. The van der Waals surface area contributed by atoms with E-state index in [1.165, 1.54) is 11.6 Å². The first-order chi connectivity index (χ1) is 16.6. The van der Waals surface area contributed by atoms with Crippen LogP contribution in [-0.2, 0) is 12.8 Å². The molecule has 0 aliphatic heterocycles. The first-order valence-electron chi connectivity index (χ1n) is 11.6. The van der Waals surface area contributed by atoms with Crippen molar-refractivity contribution in [2.24, 2.45) is 10.2 Å². The van der Waals surface area contributed by atoms with Gasteiger partial charge in [-0.1, -0.05) is 68.9 Å². The maximum absolute atomic E-state index is 15.0. The number of fused-ring (bicyclic) bond motifs is 1. The van der Waals surface area contributed by atoms with Gasteiger partial charge in [0.05, 0.1) is 16.9 Å². The second-order valence-corrected chi connectivity index (χ2v) is 8.27. The second-order valence-electron chi connectivity index (χ2n) is 8.27. The number of azo groups is 1. The fourth-order valence-corrected chi connectivity index (χ4v) is 3.82. The molecule has 0 unspecified atom stereocenters. The standard InChI is InChI=1S/C30H26F2N2/c1-3-5-21-7-13-25(14-8-21)33-34-26-15-9-22(10-16-26)11-18-28-29(31)20-24-19-23(6-4-2)12-17-27(24)30(28)32/h7-10,12-17,19-20H,3-6H2,1-2H3. The van der Waals surface area contributed by atoms with Crippen molar-refractivity contribution in [3.05, 3.63) is 107 Å². The van der Waals surface area contributed by atoms with Gasteiger partial charge in [0.2, 0.25) is 0 Å². The molecule has 0 radical (unpaired) electrons. The molecule has 4 aromatic carbocycles. The molecule has 4 heteroatoms. The van der Waals surface area contributed by atoms with Gasteiger partial charge in [0.25, 0.3) is 0 Å².